The van der Waals surface area contributed by atoms with E-state index in [4.69, 9.17) is 9.84 Å². The van der Waals surface area contributed by atoms with Crippen molar-refractivity contribution in [3.8, 4) is 11.3 Å². The minimum Gasteiger partial charge on any atom is -0.394 e. The SMILES string of the molecule is Cc1c(-c2ccccc2)nnn1C1C[C@H](O)C(CO)O1. The highest BCUT2D eigenvalue weighted by atomic mass is 16.5. The number of aromatic nitrogens is 3. The van der Waals surface area contributed by atoms with Crippen molar-refractivity contribution in [1.29, 1.82) is 0 Å². The molecule has 1 aliphatic heterocycles. The normalized spacial score (nSPS) is 26.1. The molecule has 1 aromatic carbocycles. The molecular weight excluding hydrogens is 258 g/mol. The lowest BCUT2D eigenvalue weighted by Gasteiger charge is -2.13. The predicted octanol–water partition coefficient (Wildman–Crippen LogP) is 0.894. The van der Waals surface area contributed by atoms with Crippen molar-refractivity contribution >= 4 is 0 Å². The predicted molar refractivity (Wildman–Crippen MR) is 71.8 cm³/mol. The number of ether oxygens (including phenoxy) is 1. The number of nitrogens with zero attached hydrogens (tertiary/aromatic N) is 3. The van der Waals surface area contributed by atoms with Crippen molar-refractivity contribution in [3.63, 3.8) is 0 Å². The van der Waals surface area contributed by atoms with E-state index in [1.54, 1.807) is 4.68 Å². The Hall–Kier alpha value is -1.76. The highest BCUT2D eigenvalue weighted by Gasteiger charge is 2.36. The molecule has 0 bridgehead atoms. The number of rotatable bonds is 3. The quantitative estimate of drug-likeness (QED) is 0.869. The van der Waals surface area contributed by atoms with Crippen LogP contribution in [0, 0.1) is 6.92 Å². The van der Waals surface area contributed by atoms with Crippen LogP contribution in [0.3, 0.4) is 0 Å². The van der Waals surface area contributed by atoms with Crippen LogP contribution in [0.1, 0.15) is 18.3 Å². The maximum atomic E-state index is 9.79. The molecule has 106 valence electrons. The van der Waals surface area contributed by atoms with Gasteiger partial charge in [0.15, 0.2) is 6.23 Å². The van der Waals surface area contributed by atoms with Gasteiger partial charge in [-0.2, -0.15) is 0 Å². The molecule has 1 saturated heterocycles. The average Bonchev–Trinajstić information content (AvgIpc) is 3.02. The minimum absolute atomic E-state index is 0.197. The molecule has 2 aromatic rings. The highest BCUT2D eigenvalue weighted by Crippen LogP contribution is 2.31. The van der Waals surface area contributed by atoms with Crippen molar-refractivity contribution in [2.75, 3.05) is 6.61 Å². The maximum Gasteiger partial charge on any atom is 0.155 e. The summed E-state index contributed by atoms with van der Waals surface area (Å²) in [6, 6.07) is 9.80. The molecule has 2 unspecified atom stereocenters. The van der Waals surface area contributed by atoms with Crippen LogP contribution in [0.25, 0.3) is 11.3 Å². The van der Waals surface area contributed by atoms with Gasteiger partial charge in [0.1, 0.15) is 11.8 Å². The molecule has 2 N–H and O–H groups in total. The molecule has 0 aliphatic carbocycles. The van der Waals surface area contributed by atoms with Gasteiger partial charge in [-0.05, 0) is 6.92 Å². The van der Waals surface area contributed by atoms with Crippen LogP contribution in [-0.4, -0.2) is 44.0 Å². The summed E-state index contributed by atoms with van der Waals surface area (Å²) >= 11 is 0. The molecule has 0 amide bonds. The van der Waals surface area contributed by atoms with Gasteiger partial charge in [0, 0.05) is 12.0 Å². The fourth-order valence-corrected chi connectivity index (χ4v) is 2.51. The molecule has 0 radical (unpaired) electrons. The third kappa shape index (κ3) is 2.22. The van der Waals surface area contributed by atoms with Crippen molar-refractivity contribution in [3.05, 3.63) is 36.0 Å². The topological polar surface area (TPSA) is 80.4 Å². The summed E-state index contributed by atoms with van der Waals surface area (Å²) in [5.41, 5.74) is 2.68. The first kappa shape index (κ1) is 13.2. The number of aliphatic hydroxyl groups is 2. The Labute approximate surface area is 116 Å². The molecule has 6 heteroatoms. The van der Waals surface area contributed by atoms with E-state index in [2.05, 4.69) is 10.3 Å². The van der Waals surface area contributed by atoms with E-state index < -0.39 is 12.2 Å². The Morgan fingerprint density at radius 2 is 2.10 bits per heavy atom. The smallest absolute Gasteiger partial charge is 0.155 e. The van der Waals surface area contributed by atoms with E-state index in [-0.39, 0.29) is 12.8 Å². The Bertz CT molecular complexity index is 585. The third-order valence-corrected chi connectivity index (χ3v) is 3.63. The van der Waals surface area contributed by atoms with Gasteiger partial charge in [-0.1, -0.05) is 35.5 Å². The summed E-state index contributed by atoms with van der Waals surface area (Å²) in [6.07, 6.45) is -1.20. The van der Waals surface area contributed by atoms with Gasteiger partial charge in [0.2, 0.25) is 0 Å². The second-order valence-electron chi connectivity index (χ2n) is 4.95. The minimum atomic E-state index is -0.672. The first-order valence-electron chi connectivity index (χ1n) is 6.62. The fourth-order valence-electron chi connectivity index (χ4n) is 2.51. The molecule has 3 rings (SSSR count). The summed E-state index contributed by atoms with van der Waals surface area (Å²) in [6.45, 7) is 1.72. The third-order valence-electron chi connectivity index (χ3n) is 3.63. The molecule has 0 spiro atoms. The van der Waals surface area contributed by atoms with E-state index >= 15 is 0 Å². The highest BCUT2D eigenvalue weighted by molar-refractivity contribution is 5.60. The van der Waals surface area contributed by atoms with Crippen LogP contribution >= 0.6 is 0 Å². The van der Waals surface area contributed by atoms with Crippen LogP contribution in [0.5, 0.6) is 0 Å². The first-order chi connectivity index (χ1) is 9.70. The van der Waals surface area contributed by atoms with Crippen LogP contribution in [0.15, 0.2) is 30.3 Å². The van der Waals surface area contributed by atoms with E-state index in [1.165, 1.54) is 0 Å². The number of hydrogen-bond acceptors (Lipinski definition) is 5. The van der Waals surface area contributed by atoms with Gasteiger partial charge in [-0.3, -0.25) is 0 Å². The van der Waals surface area contributed by atoms with Crippen molar-refractivity contribution in [1.82, 2.24) is 15.0 Å². The molecule has 3 atom stereocenters. The molecule has 1 aliphatic rings. The second kappa shape index (κ2) is 5.32. The summed E-state index contributed by atoms with van der Waals surface area (Å²) in [5, 5.41) is 27.2. The first-order valence-corrected chi connectivity index (χ1v) is 6.62. The average molecular weight is 275 g/mol. The second-order valence-corrected chi connectivity index (χ2v) is 4.95. The lowest BCUT2D eigenvalue weighted by Crippen LogP contribution is -2.24. The van der Waals surface area contributed by atoms with Gasteiger partial charge in [0.25, 0.3) is 0 Å². The van der Waals surface area contributed by atoms with Gasteiger partial charge >= 0.3 is 0 Å². The fraction of sp³-hybridized carbons (Fsp3) is 0.429. The zero-order valence-corrected chi connectivity index (χ0v) is 11.2. The van der Waals surface area contributed by atoms with Gasteiger partial charge < -0.3 is 14.9 Å². The van der Waals surface area contributed by atoms with Gasteiger partial charge in [0.05, 0.1) is 18.4 Å². The van der Waals surface area contributed by atoms with E-state index in [0.29, 0.717) is 6.42 Å². The molecule has 6 nitrogen and oxygen atoms in total. The summed E-state index contributed by atoms with van der Waals surface area (Å²) in [7, 11) is 0. The number of benzene rings is 1. The van der Waals surface area contributed by atoms with Crippen molar-refractivity contribution in [2.45, 2.75) is 31.8 Å². The molecule has 0 saturated carbocycles. The molecule has 1 fully saturated rings. The van der Waals surface area contributed by atoms with Crippen LogP contribution in [0.4, 0.5) is 0 Å². The van der Waals surface area contributed by atoms with Crippen LogP contribution in [-0.2, 0) is 4.74 Å². The lowest BCUT2D eigenvalue weighted by atomic mass is 10.1. The summed E-state index contributed by atoms with van der Waals surface area (Å²) < 4.78 is 7.27. The monoisotopic (exact) mass is 275 g/mol. The van der Waals surface area contributed by atoms with E-state index in [9.17, 15) is 5.11 Å². The molecule has 1 aromatic heterocycles. The van der Waals surface area contributed by atoms with Crippen LogP contribution in [0.2, 0.25) is 0 Å². The van der Waals surface area contributed by atoms with Crippen molar-refractivity contribution < 1.29 is 14.9 Å². The Morgan fingerprint density at radius 1 is 1.35 bits per heavy atom. The van der Waals surface area contributed by atoms with Gasteiger partial charge in [-0.15, -0.1) is 5.10 Å². The maximum absolute atomic E-state index is 9.79. The number of aliphatic hydroxyl groups excluding tert-OH is 2. The van der Waals surface area contributed by atoms with E-state index in [1.807, 2.05) is 37.3 Å². The standard InChI is InChI=1S/C14H17N3O3/c1-9-14(10-5-3-2-4-6-10)15-16-17(9)13-7-11(19)12(8-18)20-13/h2-6,11-13,18-19H,7-8H2,1H3/t11-,12?,13?/m0/s1. The summed E-state index contributed by atoms with van der Waals surface area (Å²) in [5.74, 6) is 0. The summed E-state index contributed by atoms with van der Waals surface area (Å²) in [4.78, 5) is 0. The lowest BCUT2D eigenvalue weighted by molar-refractivity contribution is -0.0495. The van der Waals surface area contributed by atoms with Gasteiger partial charge in [-0.25, -0.2) is 4.68 Å². The molecule has 20 heavy (non-hydrogen) atoms. The van der Waals surface area contributed by atoms with Crippen LogP contribution < -0.4 is 0 Å². The largest absolute Gasteiger partial charge is 0.394 e. The number of hydrogen-bond donors (Lipinski definition) is 2. The Kier molecular flexibility index (Phi) is 3.52. The Balaban J connectivity index is 1.88. The Morgan fingerprint density at radius 3 is 2.75 bits per heavy atom. The van der Waals surface area contributed by atoms with E-state index in [0.717, 1.165) is 17.0 Å². The zero-order chi connectivity index (χ0) is 14.1. The zero-order valence-electron chi connectivity index (χ0n) is 11.2. The molecular formula is C14H17N3O3. The molecule has 2 heterocycles. The van der Waals surface area contributed by atoms with Crippen molar-refractivity contribution in [2.24, 2.45) is 0 Å².